The smallest absolute Gasteiger partial charge is 0.265 e. The summed E-state index contributed by atoms with van der Waals surface area (Å²) in [6, 6.07) is 1.95. The fourth-order valence-electron chi connectivity index (χ4n) is 2.64. The van der Waals surface area contributed by atoms with Gasteiger partial charge in [0.05, 0.1) is 6.61 Å². The summed E-state index contributed by atoms with van der Waals surface area (Å²) in [5.74, 6) is -0.891. The summed E-state index contributed by atoms with van der Waals surface area (Å²) >= 11 is 5.04. The Bertz CT molecular complexity index is 734. The predicted molar refractivity (Wildman–Crippen MR) is 96.4 cm³/mol. The number of ether oxygens (including phenoxy) is 1. The maximum Gasteiger partial charge on any atom is 0.265 e. The Balaban J connectivity index is 2.39. The molecule has 0 unspecified atom stereocenters. The first-order valence-corrected chi connectivity index (χ1v) is 7.97. The van der Waals surface area contributed by atoms with Crippen LogP contribution in [0.5, 0.6) is 0 Å². The lowest BCUT2D eigenvalue weighted by Gasteiger charge is -2.27. The molecule has 1 fully saturated rings. The quantitative estimate of drug-likeness (QED) is 0.367. The normalized spacial score (nSPS) is 16.7. The Hall–Kier alpha value is -2.25. The van der Waals surface area contributed by atoms with Crippen molar-refractivity contribution in [3.8, 4) is 0 Å². The van der Waals surface area contributed by atoms with Gasteiger partial charge in [0.15, 0.2) is 5.11 Å². The number of nitrogens with zero attached hydrogens (tertiary/aromatic N) is 2. The molecule has 7 heteroatoms. The Morgan fingerprint density at radius 1 is 1.38 bits per heavy atom. The first-order valence-electron chi connectivity index (χ1n) is 7.56. The van der Waals surface area contributed by atoms with Gasteiger partial charge < -0.3 is 9.30 Å². The molecule has 0 aliphatic carbocycles. The summed E-state index contributed by atoms with van der Waals surface area (Å²) in [7, 11) is 1.65. The van der Waals surface area contributed by atoms with Crippen LogP contribution in [0.15, 0.2) is 24.3 Å². The van der Waals surface area contributed by atoms with Crippen molar-refractivity contribution in [1.82, 2.24) is 14.8 Å². The number of hydrogen-bond acceptors (Lipinski definition) is 4. The van der Waals surface area contributed by atoms with Gasteiger partial charge in [0.25, 0.3) is 11.8 Å². The topological polar surface area (TPSA) is 63.6 Å². The van der Waals surface area contributed by atoms with E-state index in [1.165, 1.54) is 4.90 Å². The third-order valence-corrected chi connectivity index (χ3v) is 4.25. The molecule has 1 aliphatic rings. The minimum Gasteiger partial charge on any atom is -0.383 e. The Labute approximate surface area is 146 Å². The van der Waals surface area contributed by atoms with E-state index >= 15 is 0 Å². The second-order valence-corrected chi connectivity index (χ2v) is 5.88. The number of methoxy groups -OCH3 is 1. The van der Waals surface area contributed by atoms with Crippen LogP contribution in [0, 0.1) is 13.8 Å². The van der Waals surface area contributed by atoms with E-state index in [0.717, 1.165) is 17.0 Å². The third kappa shape index (κ3) is 3.47. The van der Waals surface area contributed by atoms with Gasteiger partial charge in [-0.3, -0.25) is 19.8 Å². The van der Waals surface area contributed by atoms with Crippen LogP contribution in [0.1, 0.15) is 17.0 Å². The van der Waals surface area contributed by atoms with E-state index in [-0.39, 0.29) is 17.2 Å². The third-order valence-electron chi connectivity index (χ3n) is 3.93. The van der Waals surface area contributed by atoms with Gasteiger partial charge in [-0.1, -0.05) is 6.08 Å². The molecule has 128 valence electrons. The molecule has 24 heavy (non-hydrogen) atoms. The highest BCUT2D eigenvalue weighted by Crippen LogP contribution is 2.20. The van der Waals surface area contributed by atoms with Crippen LogP contribution in [0.2, 0.25) is 0 Å². The van der Waals surface area contributed by atoms with Gasteiger partial charge >= 0.3 is 0 Å². The molecule has 0 bridgehead atoms. The van der Waals surface area contributed by atoms with Crippen molar-refractivity contribution in [2.75, 3.05) is 20.3 Å². The summed E-state index contributed by atoms with van der Waals surface area (Å²) < 4.78 is 7.21. The van der Waals surface area contributed by atoms with Crippen LogP contribution in [-0.4, -0.2) is 46.7 Å². The van der Waals surface area contributed by atoms with E-state index in [9.17, 15) is 9.59 Å². The summed E-state index contributed by atoms with van der Waals surface area (Å²) in [4.78, 5) is 26.0. The number of carbonyl (C=O) groups is 2. The number of aromatic nitrogens is 1. The molecular formula is C17H21N3O3S. The lowest BCUT2D eigenvalue weighted by molar-refractivity contribution is -0.128. The van der Waals surface area contributed by atoms with Crippen molar-refractivity contribution in [1.29, 1.82) is 0 Å². The summed E-state index contributed by atoms with van der Waals surface area (Å²) in [5.41, 5.74) is 2.91. The number of thiocarbonyl (C=S) groups is 1. The van der Waals surface area contributed by atoms with E-state index in [1.54, 1.807) is 19.3 Å². The Kier molecular flexibility index (Phi) is 5.69. The van der Waals surface area contributed by atoms with Gasteiger partial charge in [-0.15, -0.1) is 6.58 Å². The number of hydrogen-bond donors (Lipinski definition) is 1. The highest BCUT2D eigenvalue weighted by molar-refractivity contribution is 7.80. The highest BCUT2D eigenvalue weighted by Gasteiger charge is 2.32. The van der Waals surface area contributed by atoms with E-state index in [1.807, 2.05) is 19.9 Å². The number of carbonyl (C=O) groups excluding carboxylic acids is 2. The molecule has 2 rings (SSSR count). The molecule has 2 amide bonds. The van der Waals surface area contributed by atoms with Crippen LogP contribution in [0.4, 0.5) is 0 Å². The molecule has 1 N–H and O–H groups in total. The molecule has 0 atom stereocenters. The van der Waals surface area contributed by atoms with Crippen molar-refractivity contribution in [3.05, 3.63) is 41.2 Å². The van der Waals surface area contributed by atoms with Crippen LogP contribution < -0.4 is 5.32 Å². The zero-order valence-corrected chi connectivity index (χ0v) is 14.9. The number of rotatable bonds is 6. The van der Waals surface area contributed by atoms with E-state index in [4.69, 9.17) is 17.0 Å². The van der Waals surface area contributed by atoms with Gasteiger partial charge in [-0.25, -0.2) is 0 Å². The zero-order valence-electron chi connectivity index (χ0n) is 14.1. The van der Waals surface area contributed by atoms with Gasteiger partial charge in [0.1, 0.15) is 5.57 Å². The molecule has 1 aliphatic heterocycles. The monoisotopic (exact) mass is 347 g/mol. The number of aryl methyl sites for hydroxylation is 1. The van der Waals surface area contributed by atoms with Crippen molar-refractivity contribution in [2.45, 2.75) is 20.4 Å². The maximum atomic E-state index is 12.6. The average Bonchev–Trinajstić information content (AvgIpc) is 2.80. The Morgan fingerprint density at radius 3 is 2.71 bits per heavy atom. The lowest BCUT2D eigenvalue weighted by Crippen LogP contribution is -2.53. The molecule has 0 aromatic carbocycles. The average molecular weight is 347 g/mol. The fourth-order valence-corrected chi connectivity index (χ4v) is 2.90. The molecule has 1 aromatic heterocycles. The molecule has 1 saturated heterocycles. The van der Waals surface area contributed by atoms with Crippen molar-refractivity contribution in [2.24, 2.45) is 0 Å². The molecule has 6 nitrogen and oxygen atoms in total. The van der Waals surface area contributed by atoms with Crippen molar-refractivity contribution in [3.63, 3.8) is 0 Å². The minimum atomic E-state index is -0.480. The van der Waals surface area contributed by atoms with Crippen molar-refractivity contribution < 1.29 is 14.3 Å². The van der Waals surface area contributed by atoms with Gasteiger partial charge in [0.2, 0.25) is 0 Å². The van der Waals surface area contributed by atoms with Gasteiger partial charge in [-0.2, -0.15) is 0 Å². The Morgan fingerprint density at radius 2 is 2.08 bits per heavy atom. The van der Waals surface area contributed by atoms with Crippen LogP contribution in [0.3, 0.4) is 0 Å². The molecule has 0 radical (unpaired) electrons. The lowest BCUT2D eigenvalue weighted by atomic mass is 10.1. The number of nitrogens with one attached hydrogen (secondary N) is 1. The van der Waals surface area contributed by atoms with Gasteiger partial charge in [-0.05, 0) is 43.8 Å². The standard InChI is InChI=1S/C17H21N3O3S/c1-5-6-20-16(22)14(15(21)18-17(20)24)10-13-9-11(2)19(12(13)3)7-8-23-4/h5,9-10H,1,6-8H2,2-4H3,(H,18,21,24)/b14-10-. The zero-order chi connectivity index (χ0) is 17.9. The van der Waals surface area contributed by atoms with Crippen LogP contribution in [0.25, 0.3) is 6.08 Å². The van der Waals surface area contributed by atoms with Crippen LogP contribution >= 0.6 is 12.2 Å². The number of amides is 2. The molecule has 1 aromatic rings. The van der Waals surface area contributed by atoms with Crippen molar-refractivity contribution >= 4 is 35.2 Å². The maximum absolute atomic E-state index is 12.6. The minimum absolute atomic E-state index is 0.0671. The molecule has 0 saturated carbocycles. The second kappa shape index (κ2) is 7.55. The SMILES string of the molecule is C=CCN1C(=O)/C(=C\c2cc(C)n(CCOC)c2C)C(=O)NC1=S. The van der Waals surface area contributed by atoms with Crippen LogP contribution in [-0.2, 0) is 20.9 Å². The summed E-state index contributed by atoms with van der Waals surface area (Å²) in [6.45, 7) is 9.09. The van der Waals surface area contributed by atoms with Gasteiger partial charge in [0, 0.05) is 31.6 Å². The first-order chi connectivity index (χ1) is 11.4. The molecular weight excluding hydrogens is 326 g/mol. The van der Waals surface area contributed by atoms with E-state index < -0.39 is 11.8 Å². The predicted octanol–water partition coefficient (Wildman–Crippen LogP) is 1.56. The highest BCUT2D eigenvalue weighted by atomic mass is 32.1. The molecule has 0 spiro atoms. The molecule has 2 heterocycles. The first kappa shape index (κ1) is 18.1. The fraction of sp³-hybridized carbons (Fsp3) is 0.353. The largest absolute Gasteiger partial charge is 0.383 e. The van der Waals surface area contributed by atoms with E-state index in [0.29, 0.717) is 13.2 Å². The summed E-state index contributed by atoms with van der Waals surface area (Å²) in [5, 5.41) is 2.65. The second-order valence-electron chi connectivity index (χ2n) is 5.49. The van der Waals surface area contributed by atoms with E-state index in [2.05, 4.69) is 16.5 Å². The summed E-state index contributed by atoms with van der Waals surface area (Å²) in [6.07, 6.45) is 3.18.